The summed E-state index contributed by atoms with van der Waals surface area (Å²) < 4.78 is 22.4. The quantitative estimate of drug-likeness (QED) is 0.0435. The zero-order chi connectivity index (χ0) is 44.1. The van der Waals surface area contributed by atoms with E-state index in [4.69, 9.17) is 23.6 Å². The summed E-state index contributed by atoms with van der Waals surface area (Å²) in [6, 6.07) is 18.5. The van der Waals surface area contributed by atoms with Gasteiger partial charge in [0.25, 0.3) is 5.91 Å². The highest BCUT2D eigenvalue weighted by Gasteiger charge is 2.51. The van der Waals surface area contributed by atoms with E-state index in [1.807, 2.05) is 19.1 Å². The molecule has 3 heterocycles. The third-order valence-electron chi connectivity index (χ3n) is 10.5. The second-order valence-electron chi connectivity index (χ2n) is 14.9. The molecular weight excluding hydrogens is 801 g/mol. The molecule has 328 valence electrons. The number of aryl methyl sites for hydroxylation is 2. The number of hydrogen-bond donors (Lipinski definition) is 5. The molecule has 2 aromatic heterocycles. The number of pyridine rings is 1. The minimum absolute atomic E-state index is 0.0427. The highest BCUT2D eigenvalue weighted by molar-refractivity contribution is 6.01. The topological polar surface area (TPSA) is 222 Å². The summed E-state index contributed by atoms with van der Waals surface area (Å²) in [5, 5.41) is 28.2. The van der Waals surface area contributed by atoms with E-state index in [2.05, 4.69) is 22.5 Å². The van der Waals surface area contributed by atoms with Crippen LogP contribution in [0.25, 0.3) is 11.3 Å². The van der Waals surface area contributed by atoms with Gasteiger partial charge in [-0.25, -0.2) is 4.98 Å². The van der Waals surface area contributed by atoms with Crippen molar-refractivity contribution >= 4 is 41.2 Å². The van der Waals surface area contributed by atoms with Gasteiger partial charge in [-0.15, -0.1) is 0 Å². The van der Waals surface area contributed by atoms with Gasteiger partial charge in [0.05, 0.1) is 50.8 Å². The molecule has 0 atom stereocenters. The van der Waals surface area contributed by atoms with Gasteiger partial charge < -0.3 is 49.7 Å². The van der Waals surface area contributed by atoms with E-state index in [1.54, 1.807) is 42.5 Å². The highest BCUT2D eigenvalue weighted by Crippen LogP contribution is 2.50. The number of nitrogens with one attached hydrogen (secondary N) is 3. The molecule has 0 radical (unpaired) electrons. The van der Waals surface area contributed by atoms with Crippen molar-refractivity contribution in [3.63, 3.8) is 0 Å². The van der Waals surface area contributed by atoms with Gasteiger partial charge in [-0.1, -0.05) is 30.8 Å². The fourth-order valence-corrected chi connectivity index (χ4v) is 6.87. The monoisotopic (exact) mass is 852 g/mol. The molecule has 5 N–H and O–H groups in total. The summed E-state index contributed by atoms with van der Waals surface area (Å²) in [7, 11) is 0. The number of benzene rings is 2. The number of rotatable bonds is 22. The van der Waals surface area contributed by atoms with Crippen molar-refractivity contribution in [3.05, 3.63) is 102 Å². The lowest BCUT2D eigenvalue weighted by molar-refractivity contribution is -0.133. The lowest BCUT2D eigenvalue weighted by atomic mass is 9.94. The number of aromatic nitrogens is 1. The maximum Gasteiger partial charge on any atom is 0.251 e. The number of ether oxygens (including phenoxy) is 3. The number of phenolic OH excluding ortho intramolecular Hbond substituents is 2. The molecule has 6 rings (SSSR count). The average molecular weight is 853 g/mol. The molecule has 2 fully saturated rings. The van der Waals surface area contributed by atoms with E-state index >= 15 is 0 Å². The normalized spacial score (nSPS) is 14.3. The van der Waals surface area contributed by atoms with Crippen LogP contribution in [0.1, 0.15) is 46.5 Å². The Balaban J connectivity index is 0.797. The third-order valence-corrected chi connectivity index (χ3v) is 10.5. The number of phenols is 2. The molecule has 1 saturated heterocycles. The van der Waals surface area contributed by atoms with Crippen LogP contribution in [-0.2, 0) is 45.2 Å². The van der Waals surface area contributed by atoms with Crippen molar-refractivity contribution in [2.24, 2.45) is 0 Å². The van der Waals surface area contributed by atoms with Crippen LogP contribution in [0.3, 0.4) is 0 Å². The molecule has 62 heavy (non-hydrogen) atoms. The Bertz CT molecular complexity index is 2250. The number of carbonyl (C=O) groups excluding carboxylic acids is 5. The first kappa shape index (κ1) is 45.0. The standard InChI is InChI=1S/C45H52N6O11/c1-3-39(55)50-19-20-51(40(56)29-50)41-14-10-34(62-41)9-13-38(54)46-17-21-59-23-25-61-26-24-60-22-18-47-43(57)32-6-4-5-31(27-32)42-30(2)7-12-37(48-42)49-44(58)45(15-16-45)33-8-11-35(52)36(53)28-33/h3-8,10-12,14,27-28,52-53H,1,9,13,15-26,29H2,2H3,(H,46,54)(H,47,57)(H,48,49,58). The fourth-order valence-electron chi connectivity index (χ4n) is 6.87. The van der Waals surface area contributed by atoms with E-state index in [1.165, 1.54) is 28.0 Å². The van der Waals surface area contributed by atoms with Gasteiger partial charge in [-0.05, 0) is 73.4 Å². The highest BCUT2D eigenvalue weighted by atomic mass is 16.5. The molecular formula is C45H52N6O11. The van der Waals surface area contributed by atoms with Crippen LogP contribution >= 0.6 is 0 Å². The Labute approximate surface area is 359 Å². The molecule has 1 aliphatic carbocycles. The van der Waals surface area contributed by atoms with Crippen LogP contribution in [0.2, 0.25) is 0 Å². The molecule has 1 saturated carbocycles. The number of furan rings is 1. The molecule has 2 aliphatic rings. The van der Waals surface area contributed by atoms with E-state index in [0.717, 1.165) is 5.56 Å². The van der Waals surface area contributed by atoms with Crippen molar-refractivity contribution in [1.82, 2.24) is 20.5 Å². The molecule has 0 bridgehead atoms. The summed E-state index contributed by atoms with van der Waals surface area (Å²) in [5.41, 5.74) is 2.45. The van der Waals surface area contributed by atoms with Crippen molar-refractivity contribution in [1.29, 1.82) is 0 Å². The second kappa shape index (κ2) is 21.3. The van der Waals surface area contributed by atoms with E-state index in [9.17, 15) is 34.2 Å². The predicted molar refractivity (Wildman–Crippen MR) is 228 cm³/mol. The Hall–Kier alpha value is -6.56. The van der Waals surface area contributed by atoms with Crippen LogP contribution in [-0.4, -0.2) is 122 Å². The largest absolute Gasteiger partial charge is 0.504 e. The van der Waals surface area contributed by atoms with Crippen molar-refractivity contribution in [2.45, 2.75) is 38.0 Å². The molecule has 0 unspecified atom stereocenters. The van der Waals surface area contributed by atoms with Crippen LogP contribution in [0, 0.1) is 6.92 Å². The Kier molecular flexibility index (Phi) is 15.5. The first-order valence-electron chi connectivity index (χ1n) is 20.5. The predicted octanol–water partition coefficient (Wildman–Crippen LogP) is 3.62. The first-order valence-corrected chi connectivity index (χ1v) is 20.5. The minimum Gasteiger partial charge on any atom is -0.504 e. The maximum atomic E-state index is 13.3. The Morgan fingerprint density at radius 1 is 0.871 bits per heavy atom. The smallest absolute Gasteiger partial charge is 0.251 e. The number of piperazine rings is 1. The van der Waals surface area contributed by atoms with Gasteiger partial charge in [-0.3, -0.25) is 28.9 Å². The van der Waals surface area contributed by atoms with Crippen LogP contribution in [0.5, 0.6) is 11.5 Å². The number of nitrogens with zero attached hydrogens (tertiary/aromatic N) is 3. The van der Waals surface area contributed by atoms with E-state index < -0.39 is 5.41 Å². The molecule has 0 spiro atoms. The Morgan fingerprint density at radius 2 is 1.60 bits per heavy atom. The van der Waals surface area contributed by atoms with Crippen LogP contribution < -0.4 is 20.9 Å². The van der Waals surface area contributed by atoms with Gasteiger partial charge in [0.15, 0.2) is 11.5 Å². The van der Waals surface area contributed by atoms with Gasteiger partial charge >= 0.3 is 0 Å². The number of aromatic hydroxyl groups is 2. The zero-order valence-corrected chi connectivity index (χ0v) is 34.7. The summed E-state index contributed by atoms with van der Waals surface area (Å²) >= 11 is 0. The molecule has 17 heteroatoms. The first-order chi connectivity index (χ1) is 30.0. The van der Waals surface area contributed by atoms with Crippen LogP contribution in [0.4, 0.5) is 11.7 Å². The summed E-state index contributed by atoms with van der Waals surface area (Å²) in [5.74, 6) is -0.409. The van der Waals surface area contributed by atoms with Gasteiger partial charge in [-0.2, -0.15) is 0 Å². The van der Waals surface area contributed by atoms with Gasteiger partial charge in [0.1, 0.15) is 18.1 Å². The van der Waals surface area contributed by atoms with Crippen molar-refractivity contribution in [3.8, 4) is 22.8 Å². The summed E-state index contributed by atoms with van der Waals surface area (Å²) in [4.78, 5) is 70.5. The lowest BCUT2D eigenvalue weighted by Crippen LogP contribution is -2.52. The summed E-state index contributed by atoms with van der Waals surface area (Å²) in [6.07, 6.45) is 2.97. The molecule has 4 aromatic rings. The van der Waals surface area contributed by atoms with Gasteiger partial charge in [0.2, 0.25) is 29.5 Å². The molecule has 2 aromatic carbocycles. The van der Waals surface area contributed by atoms with Gasteiger partial charge in [0, 0.05) is 56.2 Å². The zero-order valence-electron chi connectivity index (χ0n) is 34.7. The number of hydrogen-bond acceptors (Lipinski definition) is 12. The fraction of sp³-hybridized carbons (Fsp3) is 0.378. The third kappa shape index (κ3) is 11.8. The minimum atomic E-state index is -0.801. The molecule has 5 amide bonds. The lowest BCUT2D eigenvalue weighted by Gasteiger charge is -2.32. The Morgan fingerprint density at radius 3 is 2.29 bits per heavy atom. The van der Waals surface area contributed by atoms with Crippen LogP contribution in [0.15, 0.2) is 83.8 Å². The number of anilines is 2. The van der Waals surface area contributed by atoms with E-state index in [0.29, 0.717) is 118 Å². The molecule has 17 nitrogen and oxygen atoms in total. The SMILES string of the molecule is C=CC(=O)N1CCN(c2ccc(CCC(=O)NCCOCCOCCOCCNC(=O)c3cccc(-c4nc(NC(=O)C5(c6ccc(O)c(O)c6)CC5)ccc4C)c3)o2)C(=O)C1. The maximum absolute atomic E-state index is 13.3. The van der Waals surface area contributed by atoms with E-state index in [-0.39, 0.29) is 60.6 Å². The van der Waals surface area contributed by atoms with Crippen molar-refractivity contribution in [2.75, 3.05) is 82.6 Å². The molecule has 1 aliphatic heterocycles. The average Bonchev–Trinajstić information content (AvgIpc) is 3.96. The second-order valence-corrected chi connectivity index (χ2v) is 14.9. The van der Waals surface area contributed by atoms with Crippen molar-refractivity contribution < 1.29 is 52.8 Å². The number of amides is 5. The number of carbonyl (C=O) groups is 5. The summed E-state index contributed by atoms with van der Waals surface area (Å²) in [6.45, 7) is 8.61.